The molecule has 1 atom stereocenters. The molecule has 2 aromatic rings. The molecule has 0 spiro atoms. The maximum Gasteiger partial charge on any atom is 0.240 e. The van der Waals surface area contributed by atoms with E-state index in [9.17, 15) is 0 Å². The number of hydrogen-bond acceptors (Lipinski definition) is 5. The summed E-state index contributed by atoms with van der Waals surface area (Å²) < 4.78 is 1.53. The molecular formula is C8H10N6. The average molecular weight is 190 g/mol. The first-order valence-corrected chi connectivity index (χ1v) is 4.23. The molecule has 2 N–H and O–H groups in total. The fourth-order valence-corrected chi connectivity index (χ4v) is 1.22. The molecule has 2 rings (SSSR count). The molecule has 0 aliphatic rings. The summed E-state index contributed by atoms with van der Waals surface area (Å²) in [5.74, 6) is 0.295. The largest absolute Gasteiger partial charge is 0.367 e. The Labute approximate surface area is 80.8 Å². The van der Waals surface area contributed by atoms with E-state index in [4.69, 9.17) is 5.73 Å². The zero-order valence-electron chi connectivity index (χ0n) is 7.70. The summed E-state index contributed by atoms with van der Waals surface area (Å²) in [5.41, 5.74) is 6.46. The monoisotopic (exact) mass is 190 g/mol. The van der Waals surface area contributed by atoms with Gasteiger partial charge in [0.25, 0.3) is 0 Å². The van der Waals surface area contributed by atoms with E-state index in [-0.39, 0.29) is 6.04 Å². The molecule has 0 aromatic carbocycles. The number of nitrogens with two attached hydrogens (primary N) is 1. The van der Waals surface area contributed by atoms with Gasteiger partial charge in [0.15, 0.2) is 0 Å². The molecule has 0 saturated carbocycles. The van der Waals surface area contributed by atoms with Gasteiger partial charge in [-0.05, 0) is 29.5 Å². The number of anilines is 1. The van der Waals surface area contributed by atoms with Crippen LogP contribution in [0.4, 0.5) is 5.95 Å². The van der Waals surface area contributed by atoms with Crippen LogP contribution in [0.15, 0.2) is 24.4 Å². The van der Waals surface area contributed by atoms with Crippen LogP contribution in [0.3, 0.4) is 0 Å². The lowest BCUT2D eigenvalue weighted by Crippen LogP contribution is -2.12. The molecule has 2 aromatic heterocycles. The fraction of sp³-hybridized carbons (Fsp3) is 0.250. The third kappa shape index (κ3) is 1.41. The summed E-state index contributed by atoms with van der Waals surface area (Å²) >= 11 is 0. The average Bonchev–Trinajstić information content (AvgIpc) is 2.65. The first-order chi connectivity index (χ1) is 6.79. The smallest absolute Gasteiger partial charge is 0.240 e. The minimum absolute atomic E-state index is 0.0498. The maximum absolute atomic E-state index is 5.58. The molecule has 0 fully saturated rings. The Kier molecular flexibility index (Phi) is 2.10. The number of hydrogen-bond donors (Lipinski definition) is 1. The zero-order valence-corrected chi connectivity index (χ0v) is 7.70. The predicted molar refractivity (Wildman–Crippen MR) is 50.3 cm³/mol. The minimum Gasteiger partial charge on any atom is -0.367 e. The van der Waals surface area contributed by atoms with Gasteiger partial charge in [0.2, 0.25) is 5.95 Å². The van der Waals surface area contributed by atoms with Gasteiger partial charge in [0, 0.05) is 6.20 Å². The van der Waals surface area contributed by atoms with Crippen molar-refractivity contribution in [2.75, 3.05) is 5.73 Å². The van der Waals surface area contributed by atoms with Crippen molar-refractivity contribution in [3.8, 4) is 0 Å². The third-order valence-electron chi connectivity index (χ3n) is 2.00. The summed E-state index contributed by atoms with van der Waals surface area (Å²) in [4.78, 5) is 4.20. The van der Waals surface area contributed by atoms with Crippen molar-refractivity contribution in [2.24, 2.45) is 0 Å². The van der Waals surface area contributed by atoms with Crippen molar-refractivity contribution < 1.29 is 0 Å². The Bertz CT molecular complexity index is 409. The van der Waals surface area contributed by atoms with Crippen molar-refractivity contribution in [2.45, 2.75) is 13.0 Å². The number of pyridine rings is 1. The predicted octanol–water partition coefficient (Wildman–Crippen LogP) is 0.260. The van der Waals surface area contributed by atoms with Crippen LogP contribution < -0.4 is 5.73 Å². The standard InChI is InChI=1S/C8H10N6/c1-6(7-4-2-3-5-10-7)14-8(9)11-12-13-14/h2-6H,1H3,(H2,9,11,13). The van der Waals surface area contributed by atoms with Gasteiger partial charge in [-0.25, -0.2) is 4.68 Å². The van der Waals surface area contributed by atoms with Gasteiger partial charge in [0.05, 0.1) is 11.7 Å². The van der Waals surface area contributed by atoms with Gasteiger partial charge in [0.1, 0.15) is 0 Å². The van der Waals surface area contributed by atoms with Gasteiger partial charge < -0.3 is 5.73 Å². The molecule has 0 aliphatic heterocycles. The lowest BCUT2D eigenvalue weighted by Gasteiger charge is -2.10. The Morgan fingerprint density at radius 1 is 1.43 bits per heavy atom. The van der Waals surface area contributed by atoms with Crippen molar-refractivity contribution in [1.29, 1.82) is 0 Å². The van der Waals surface area contributed by atoms with Gasteiger partial charge in [-0.2, -0.15) is 0 Å². The van der Waals surface area contributed by atoms with E-state index >= 15 is 0 Å². The molecule has 14 heavy (non-hydrogen) atoms. The molecule has 0 radical (unpaired) electrons. The molecule has 6 nitrogen and oxygen atoms in total. The van der Waals surface area contributed by atoms with Crippen LogP contribution >= 0.6 is 0 Å². The molecule has 0 bridgehead atoms. The van der Waals surface area contributed by atoms with Gasteiger partial charge in [-0.3, -0.25) is 4.98 Å². The maximum atomic E-state index is 5.58. The van der Waals surface area contributed by atoms with Crippen molar-refractivity contribution in [3.05, 3.63) is 30.1 Å². The topological polar surface area (TPSA) is 82.5 Å². The molecule has 6 heteroatoms. The van der Waals surface area contributed by atoms with Crippen LogP contribution in [-0.2, 0) is 0 Å². The second-order valence-corrected chi connectivity index (χ2v) is 2.91. The Balaban J connectivity index is 2.34. The Hall–Kier alpha value is -1.98. The van der Waals surface area contributed by atoms with Crippen LogP contribution in [0.1, 0.15) is 18.7 Å². The van der Waals surface area contributed by atoms with Gasteiger partial charge in [-0.1, -0.05) is 11.2 Å². The highest BCUT2D eigenvalue weighted by Gasteiger charge is 2.12. The van der Waals surface area contributed by atoms with E-state index in [1.807, 2.05) is 25.1 Å². The Morgan fingerprint density at radius 2 is 2.29 bits per heavy atom. The summed E-state index contributed by atoms with van der Waals surface area (Å²) in [5, 5.41) is 10.9. The summed E-state index contributed by atoms with van der Waals surface area (Å²) in [6.07, 6.45) is 1.73. The van der Waals surface area contributed by atoms with Crippen LogP contribution in [0.25, 0.3) is 0 Å². The van der Waals surface area contributed by atoms with E-state index < -0.39 is 0 Å². The molecular weight excluding hydrogens is 180 g/mol. The third-order valence-corrected chi connectivity index (χ3v) is 2.00. The van der Waals surface area contributed by atoms with Crippen LogP contribution in [-0.4, -0.2) is 25.2 Å². The van der Waals surface area contributed by atoms with E-state index in [0.29, 0.717) is 5.95 Å². The quantitative estimate of drug-likeness (QED) is 0.734. The first-order valence-electron chi connectivity index (χ1n) is 4.23. The highest BCUT2D eigenvalue weighted by Crippen LogP contribution is 2.14. The minimum atomic E-state index is -0.0498. The van der Waals surface area contributed by atoms with Gasteiger partial charge in [-0.15, -0.1) is 0 Å². The van der Waals surface area contributed by atoms with E-state index in [1.54, 1.807) is 6.20 Å². The van der Waals surface area contributed by atoms with E-state index in [2.05, 4.69) is 20.5 Å². The Morgan fingerprint density at radius 3 is 2.86 bits per heavy atom. The lowest BCUT2D eigenvalue weighted by atomic mass is 10.2. The van der Waals surface area contributed by atoms with Crippen LogP contribution in [0.5, 0.6) is 0 Å². The first kappa shape index (κ1) is 8.61. The van der Waals surface area contributed by atoms with Crippen molar-refractivity contribution in [3.63, 3.8) is 0 Å². The zero-order chi connectivity index (χ0) is 9.97. The molecule has 0 amide bonds. The number of aromatic nitrogens is 5. The normalized spacial score (nSPS) is 12.6. The molecule has 0 saturated heterocycles. The molecule has 72 valence electrons. The number of nitrogen functional groups attached to an aromatic ring is 1. The van der Waals surface area contributed by atoms with E-state index in [1.165, 1.54) is 4.68 Å². The van der Waals surface area contributed by atoms with Crippen molar-refractivity contribution in [1.82, 2.24) is 25.2 Å². The van der Waals surface area contributed by atoms with Crippen LogP contribution in [0, 0.1) is 0 Å². The highest BCUT2D eigenvalue weighted by atomic mass is 15.6. The highest BCUT2D eigenvalue weighted by molar-refractivity contribution is 5.17. The summed E-state index contributed by atoms with van der Waals surface area (Å²) in [6.45, 7) is 1.94. The SMILES string of the molecule is CC(c1ccccn1)n1nnnc1N. The molecule has 2 heterocycles. The second kappa shape index (κ2) is 3.41. The van der Waals surface area contributed by atoms with Crippen molar-refractivity contribution >= 4 is 5.95 Å². The fourth-order valence-electron chi connectivity index (χ4n) is 1.22. The van der Waals surface area contributed by atoms with Crippen LogP contribution in [0.2, 0.25) is 0 Å². The number of tetrazole rings is 1. The summed E-state index contributed by atoms with van der Waals surface area (Å²) in [7, 11) is 0. The lowest BCUT2D eigenvalue weighted by molar-refractivity contribution is 0.538. The van der Waals surface area contributed by atoms with E-state index in [0.717, 1.165) is 5.69 Å². The summed E-state index contributed by atoms with van der Waals surface area (Å²) in [6, 6.07) is 5.64. The molecule has 1 unspecified atom stereocenters. The van der Waals surface area contributed by atoms with Gasteiger partial charge >= 0.3 is 0 Å². The molecule has 0 aliphatic carbocycles. The number of rotatable bonds is 2. The number of nitrogens with zero attached hydrogens (tertiary/aromatic N) is 5. The second-order valence-electron chi connectivity index (χ2n) is 2.91.